The summed E-state index contributed by atoms with van der Waals surface area (Å²) in [6.45, 7) is 2.92. The molecule has 2 N–H and O–H groups in total. The van der Waals surface area contributed by atoms with Crippen molar-refractivity contribution in [2.45, 2.75) is 37.9 Å². The van der Waals surface area contributed by atoms with E-state index in [1.165, 1.54) is 25.3 Å². The summed E-state index contributed by atoms with van der Waals surface area (Å²) in [5, 5.41) is 0. The van der Waals surface area contributed by atoms with Gasteiger partial charge >= 0.3 is 0 Å². The van der Waals surface area contributed by atoms with Gasteiger partial charge in [0.15, 0.2) is 0 Å². The third kappa shape index (κ3) is 2.47. The van der Waals surface area contributed by atoms with Crippen molar-refractivity contribution in [1.29, 1.82) is 0 Å². The maximum atomic E-state index is 13.5. The van der Waals surface area contributed by atoms with Gasteiger partial charge < -0.3 is 5.73 Å². The van der Waals surface area contributed by atoms with Gasteiger partial charge in [-0.3, -0.25) is 9.80 Å². The monoisotopic (exact) mass is 263 g/mol. The maximum absolute atomic E-state index is 13.5. The van der Waals surface area contributed by atoms with E-state index in [9.17, 15) is 4.39 Å². The second-order valence-electron chi connectivity index (χ2n) is 5.89. The first kappa shape index (κ1) is 12.9. The van der Waals surface area contributed by atoms with Crippen molar-refractivity contribution in [3.63, 3.8) is 0 Å². The molecule has 2 heterocycles. The first-order valence-electron chi connectivity index (χ1n) is 7.12. The largest absolute Gasteiger partial charge is 0.396 e. The first-order valence-corrected chi connectivity index (χ1v) is 7.12. The topological polar surface area (TPSA) is 32.5 Å². The highest BCUT2D eigenvalue weighted by Crippen LogP contribution is 2.29. The van der Waals surface area contributed by atoms with Crippen LogP contribution in [0.2, 0.25) is 0 Å². The molecule has 0 aliphatic carbocycles. The first-order chi connectivity index (χ1) is 9.15. The lowest BCUT2D eigenvalue weighted by molar-refractivity contribution is 0.215. The Morgan fingerprint density at radius 1 is 1.26 bits per heavy atom. The van der Waals surface area contributed by atoms with Gasteiger partial charge in [0.05, 0.1) is 5.69 Å². The molecule has 3 nitrogen and oxygen atoms in total. The molecule has 0 saturated carbocycles. The zero-order valence-corrected chi connectivity index (χ0v) is 11.5. The maximum Gasteiger partial charge on any atom is 0.146 e. The second kappa shape index (κ2) is 5.10. The number of benzene rings is 1. The number of fused-ring (bicyclic) bond motifs is 2. The van der Waals surface area contributed by atoms with Crippen molar-refractivity contribution in [3.05, 3.63) is 29.6 Å². The lowest BCUT2D eigenvalue weighted by Gasteiger charge is -2.26. The van der Waals surface area contributed by atoms with E-state index in [4.69, 9.17) is 5.73 Å². The molecule has 2 bridgehead atoms. The van der Waals surface area contributed by atoms with E-state index in [0.29, 0.717) is 11.7 Å². The minimum absolute atomic E-state index is 0.300. The summed E-state index contributed by atoms with van der Waals surface area (Å²) in [5.41, 5.74) is 7.06. The lowest BCUT2D eigenvalue weighted by atomic mass is 10.1. The summed E-state index contributed by atoms with van der Waals surface area (Å²) in [7, 11) is 2.24. The molecule has 3 rings (SSSR count). The molecule has 1 aromatic carbocycles. The molecule has 4 heteroatoms. The molecule has 2 aliphatic rings. The van der Waals surface area contributed by atoms with Crippen molar-refractivity contribution in [2.24, 2.45) is 0 Å². The molecule has 0 amide bonds. The predicted octanol–water partition coefficient (Wildman–Crippen LogP) is 2.08. The second-order valence-corrected chi connectivity index (χ2v) is 5.89. The highest BCUT2D eigenvalue weighted by molar-refractivity contribution is 5.47. The van der Waals surface area contributed by atoms with Crippen molar-refractivity contribution in [2.75, 3.05) is 25.9 Å². The molecule has 19 heavy (non-hydrogen) atoms. The van der Waals surface area contributed by atoms with Crippen LogP contribution in [0.25, 0.3) is 0 Å². The van der Waals surface area contributed by atoms with Crippen molar-refractivity contribution >= 4 is 5.69 Å². The summed E-state index contributed by atoms with van der Waals surface area (Å²) in [6.07, 6.45) is 3.83. The Labute approximate surface area is 114 Å². The number of nitrogen functional groups attached to an aromatic ring is 1. The minimum atomic E-state index is -0.300. The van der Waals surface area contributed by atoms with E-state index in [-0.39, 0.29) is 5.82 Å². The summed E-state index contributed by atoms with van der Waals surface area (Å²) in [5.74, 6) is -0.300. The number of para-hydroxylation sites is 1. The fourth-order valence-corrected chi connectivity index (χ4v) is 3.48. The Hall–Kier alpha value is -1.13. The Balaban J connectivity index is 1.72. The third-order valence-corrected chi connectivity index (χ3v) is 4.77. The van der Waals surface area contributed by atoms with Gasteiger partial charge in [-0.1, -0.05) is 12.1 Å². The van der Waals surface area contributed by atoms with Crippen LogP contribution >= 0.6 is 0 Å². The molecule has 1 aromatic rings. The Bertz CT molecular complexity index is 463. The molecular weight excluding hydrogens is 241 g/mol. The van der Waals surface area contributed by atoms with Gasteiger partial charge in [-0.15, -0.1) is 0 Å². The van der Waals surface area contributed by atoms with Gasteiger partial charge in [0.25, 0.3) is 0 Å². The third-order valence-electron chi connectivity index (χ3n) is 4.77. The molecule has 2 unspecified atom stereocenters. The van der Waals surface area contributed by atoms with Crippen LogP contribution in [-0.4, -0.2) is 42.0 Å². The number of rotatable bonds is 2. The zero-order chi connectivity index (χ0) is 13.4. The molecule has 2 fully saturated rings. The molecule has 104 valence electrons. The Kier molecular flexibility index (Phi) is 3.46. The minimum Gasteiger partial charge on any atom is -0.396 e. The standard InChI is InChI=1S/C15H22FN3/c1-18-12-5-6-13(18)10-19(8-7-12)9-11-3-2-4-14(16)15(11)17/h2-4,12-13H,5-10,17H2,1H3. The summed E-state index contributed by atoms with van der Waals surface area (Å²) < 4.78 is 13.5. The van der Waals surface area contributed by atoms with Crippen molar-refractivity contribution < 1.29 is 4.39 Å². The quantitative estimate of drug-likeness (QED) is 0.829. The van der Waals surface area contributed by atoms with Gasteiger partial charge in [-0.2, -0.15) is 0 Å². The van der Waals surface area contributed by atoms with Crippen LogP contribution in [0, 0.1) is 5.82 Å². The van der Waals surface area contributed by atoms with Gasteiger partial charge in [0, 0.05) is 31.7 Å². The Morgan fingerprint density at radius 2 is 2.05 bits per heavy atom. The van der Waals surface area contributed by atoms with Gasteiger partial charge in [0.2, 0.25) is 0 Å². The van der Waals surface area contributed by atoms with Crippen LogP contribution in [-0.2, 0) is 6.54 Å². The number of nitrogens with zero attached hydrogens (tertiary/aromatic N) is 2. The molecular formula is C15H22FN3. The normalized spacial score (nSPS) is 28.5. The number of nitrogens with two attached hydrogens (primary N) is 1. The number of hydrogen-bond acceptors (Lipinski definition) is 3. The van der Waals surface area contributed by atoms with Crippen LogP contribution in [0.15, 0.2) is 18.2 Å². The van der Waals surface area contributed by atoms with Crippen LogP contribution in [0.5, 0.6) is 0 Å². The summed E-state index contributed by atoms with van der Waals surface area (Å²) in [4.78, 5) is 4.94. The van der Waals surface area contributed by atoms with E-state index in [0.717, 1.165) is 31.2 Å². The number of likely N-dealkylation sites (N-methyl/N-ethyl adjacent to an activating group) is 1. The Morgan fingerprint density at radius 3 is 2.89 bits per heavy atom. The molecule has 2 saturated heterocycles. The highest BCUT2D eigenvalue weighted by atomic mass is 19.1. The van der Waals surface area contributed by atoms with Crippen LogP contribution < -0.4 is 5.73 Å². The number of likely N-dealkylation sites (tertiary alicyclic amines) is 1. The smallest absolute Gasteiger partial charge is 0.146 e. The molecule has 2 atom stereocenters. The van der Waals surface area contributed by atoms with Gasteiger partial charge in [-0.05, 0) is 37.9 Å². The molecule has 0 aromatic heterocycles. The van der Waals surface area contributed by atoms with Crippen LogP contribution in [0.3, 0.4) is 0 Å². The summed E-state index contributed by atoms with van der Waals surface area (Å²) >= 11 is 0. The fourth-order valence-electron chi connectivity index (χ4n) is 3.48. The van der Waals surface area contributed by atoms with Crippen molar-refractivity contribution in [3.8, 4) is 0 Å². The highest BCUT2D eigenvalue weighted by Gasteiger charge is 2.34. The van der Waals surface area contributed by atoms with Crippen LogP contribution in [0.4, 0.5) is 10.1 Å². The predicted molar refractivity (Wildman–Crippen MR) is 75.3 cm³/mol. The van der Waals surface area contributed by atoms with E-state index in [1.807, 2.05) is 6.07 Å². The summed E-state index contributed by atoms with van der Waals surface area (Å²) in [6, 6.07) is 6.50. The number of halogens is 1. The van der Waals surface area contributed by atoms with E-state index >= 15 is 0 Å². The van der Waals surface area contributed by atoms with Crippen LogP contribution in [0.1, 0.15) is 24.8 Å². The molecule has 0 spiro atoms. The molecule has 0 radical (unpaired) electrons. The zero-order valence-electron chi connectivity index (χ0n) is 11.5. The number of anilines is 1. The van der Waals surface area contributed by atoms with E-state index in [1.54, 1.807) is 6.07 Å². The average molecular weight is 263 g/mol. The van der Waals surface area contributed by atoms with E-state index in [2.05, 4.69) is 16.8 Å². The molecule has 2 aliphatic heterocycles. The van der Waals surface area contributed by atoms with Crippen molar-refractivity contribution in [1.82, 2.24) is 9.80 Å². The average Bonchev–Trinajstić information content (AvgIpc) is 2.63. The van der Waals surface area contributed by atoms with Gasteiger partial charge in [0.1, 0.15) is 5.82 Å². The van der Waals surface area contributed by atoms with E-state index < -0.39 is 0 Å². The van der Waals surface area contributed by atoms with Gasteiger partial charge in [-0.25, -0.2) is 4.39 Å². The lowest BCUT2D eigenvalue weighted by Crippen LogP contribution is -2.36. The fraction of sp³-hybridized carbons (Fsp3) is 0.600. The SMILES string of the molecule is CN1C2CCC1CN(Cc1cccc(F)c1N)CC2. The number of hydrogen-bond donors (Lipinski definition) is 1.